The van der Waals surface area contributed by atoms with E-state index in [2.05, 4.69) is 10.6 Å². The van der Waals surface area contributed by atoms with Gasteiger partial charge in [0.1, 0.15) is 0 Å². The van der Waals surface area contributed by atoms with E-state index in [9.17, 15) is 19.5 Å². The van der Waals surface area contributed by atoms with Gasteiger partial charge in [0.15, 0.2) is 5.78 Å². The zero-order chi connectivity index (χ0) is 24.5. The Balaban J connectivity index is 1.50. The molecule has 1 atom stereocenters. The van der Waals surface area contributed by atoms with Crippen LogP contribution < -0.4 is 10.6 Å². The number of hydrogen-bond acceptors (Lipinski definition) is 3. The van der Waals surface area contributed by atoms with Crippen molar-refractivity contribution in [2.24, 2.45) is 5.41 Å². The fraction of sp³-hybridized carbons (Fsp3) is 0.250. The van der Waals surface area contributed by atoms with Crippen molar-refractivity contribution in [2.75, 3.05) is 10.6 Å². The Labute approximate surface area is 199 Å². The van der Waals surface area contributed by atoms with Crippen LogP contribution in [0.2, 0.25) is 0 Å². The average Bonchev–Trinajstić information content (AvgIpc) is 2.77. The first-order chi connectivity index (χ1) is 16.1. The fourth-order valence-corrected chi connectivity index (χ4v) is 4.54. The minimum absolute atomic E-state index is 0.0986. The number of aryl methyl sites for hydroxylation is 3. The first kappa shape index (κ1) is 23.2. The van der Waals surface area contributed by atoms with Crippen LogP contribution in [0.1, 0.15) is 46.8 Å². The molecule has 0 aliphatic heterocycles. The number of rotatable bonds is 5. The molecular formula is C28H28N2O4. The van der Waals surface area contributed by atoms with Gasteiger partial charge in [-0.15, -0.1) is 0 Å². The topological polar surface area (TPSA) is 95.5 Å². The van der Waals surface area contributed by atoms with Gasteiger partial charge in [-0.3, -0.25) is 9.59 Å². The van der Waals surface area contributed by atoms with E-state index in [1.807, 2.05) is 74.5 Å². The van der Waals surface area contributed by atoms with Crippen molar-refractivity contribution in [1.29, 1.82) is 0 Å². The molecule has 0 heterocycles. The Morgan fingerprint density at radius 1 is 0.912 bits per heavy atom. The third-order valence-electron chi connectivity index (χ3n) is 6.49. The Morgan fingerprint density at radius 3 is 2.24 bits per heavy atom. The molecule has 3 N–H and O–H groups in total. The van der Waals surface area contributed by atoms with Crippen molar-refractivity contribution in [3.63, 3.8) is 0 Å². The summed E-state index contributed by atoms with van der Waals surface area (Å²) >= 11 is 0. The molecule has 1 aliphatic carbocycles. The fourth-order valence-electron chi connectivity index (χ4n) is 4.54. The number of aliphatic carboxylic acids is 1. The number of carboxylic acid groups (broad SMARTS) is 1. The summed E-state index contributed by atoms with van der Waals surface area (Å²) in [6, 6.07) is 18.7. The predicted octanol–water partition coefficient (Wildman–Crippen LogP) is 6.22. The van der Waals surface area contributed by atoms with Crippen LogP contribution in [0.15, 0.2) is 60.7 Å². The highest BCUT2D eigenvalue weighted by Gasteiger charge is 2.40. The van der Waals surface area contributed by atoms with Gasteiger partial charge in [0.25, 0.3) is 0 Å². The number of nitrogens with one attached hydrogen (secondary N) is 2. The number of fused-ring (bicyclic) bond motifs is 1. The van der Waals surface area contributed by atoms with Crippen molar-refractivity contribution >= 4 is 29.2 Å². The summed E-state index contributed by atoms with van der Waals surface area (Å²) in [4.78, 5) is 36.5. The Morgan fingerprint density at radius 2 is 1.56 bits per heavy atom. The molecular weight excluding hydrogens is 428 g/mol. The molecule has 0 saturated heterocycles. The van der Waals surface area contributed by atoms with Crippen molar-refractivity contribution in [3.05, 3.63) is 82.9 Å². The molecule has 0 fully saturated rings. The van der Waals surface area contributed by atoms with E-state index >= 15 is 0 Å². The van der Waals surface area contributed by atoms with Gasteiger partial charge >= 0.3 is 12.0 Å². The minimum atomic E-state index is -0.951. The van der Waals surface area contributed by atoms with E-state index in [0.717, 1.165) is 33.5 Å². The summed E-state index contributed by atoms with van der Waals surface area (Å²) in [5, 5.41) is 14.9. The molecule has 3 aromatic carbocycles. The zero-order valence-corrected chi connectivity index (χ0v) is 19.6. The summed E-state index contributed by atoms with van der Waals surface area (Å²) in [7, 11) is 0. The van der Waals surface area contributed by atoms with E-state index in [0.29, 0.717) is 24.1 Å². The van der Waals surface area contributed by atoms with E-state index in [4.69, 9.17) is 0 Å². The molecule has 2 amide bonds. The summed E-state index contributed by atoms with van der Waals surface area (Å²) in [5.74, 6) is -1.05. The second-order valence-corrected chi connectivity index (χ2v) is 9.31. The van der Waals surface area contributed by atoms with Crippen LogP contribution >= 0.6 is 0 Å². The van der Waals surface area contributed by atoms with E-state index < -0.39 is 11.4 Å². The monoisotopic (exact) mass is 456 g/mol. The predicted molar refractivity (Wildman–Crippen MR) is 133 cm³/mol. The first-order valence-corrected chi connectivity index (χ1v) is 11.3. The van der Waals surface area contributed by atoms with Crippen molar-refractivity contribution in [3.8, 4) is 11.1 Å². The quantitative estimate of drug-likeness (QED) is 0.424. The zero-order valence-electron chi connectivity index (χ0n) is 19.6. The number of ketones is 1. The van der Waals surface area contributed by atoms with Crippen molar-refractivity contribution in [1.82, 2.24) is 0 Å². The van der Waals surface area contributed by atoms with E-state index in [1.165, 1.54) is 0 Å². The van der Waals surface area contributed by atoms with Crippen LogP contribution in [0.3, 0.4) is 0 Å². The molecule has 3 aromatic rings. The normalized spacial score (nSPS) is 17.1. The lowest BCUT2D eigenvalue weighted by Gasteiger charge is -2.32. The number of hydrogen-bond donors (Lipinski definition) is 3. The standard InChI is InChI=1S/C28H28N2O4/c1-17-4-7-21(8-5-17)29-27(34)30-22-9-11-23(18(2)14-22)19-6-10-24-20(15-19)12-13-28(3,26(24)33)16-25(31)32/h4-11,14-15H,12-13,16H2,1-3H3,(H,31,32)(H2,29,30,34). The smallest absolute Gasteiger partial charge is 0.323 e. The SMILES string of the molecule is Cc1ccc(NC(=O)Nc2ccc(-c3ccc4c(c3)CCC(C)(CC(=O)O)C4=O)c(C)c2)cc1. The van der Waals surface area contributed by atoms with Gasteiger partial charge in [-0.25, -0.2) is 4.79 Å². The summed E-state index contributed by atoms with van der Waals surface area (Å²) in [5.41, 5.74) is 6.22. The van der Waals surface area contributed by atoms with Gasteiger partial charge in [0, 0.05) is 22.4 Å². The highest BCUT2D eigenvalue weighted by molar-refractivity contribution is 6.04. The molecule has 1 aliphatic rings. The van der Waals surface area contributed by atoms with Gasteiger partial charge in [0.2, 0.25) is 0 Å². The number of carboxylic acids is 1. The molecule has 0 spiro atoms. The second-order valence-electron chi connectivity index (χ2n) is 9.31. The molecule has 0 radical (unpaired) electrons. The number of anilines is 2. The molecule has 174 valence electrons. The highest BCUT2D eigenvalue weighted by Crippen LogP contribution is 2.39. The van der Waals surface area contributed by atoms with Gasteiger partial charge in [-0.05, 0) is 73.2 Å². The maximum absolute atomic E-state index is 13.0. The van der Waals surface area contributed by atoms with Crippen LogP contribution in [0.25, 0.3) is 11.1 Å². The van der Waals surface area contributed by atoms with E-state index in [1.54, 1.807) is 6.92 Å². The van der Waals surface area contributed by atoms with Crippen LogP contribution in [-0.4, -0.2) is 22.9 Å². The third-order valence-corrected chi connectivity index (χ3v) is 6.49. The molecule has 6 heteroatoms. The lowest BCUT2D eigenvalue weighted by atomic mass is 9.69. The second kappa shape index (κ2) is 9.14. The van der Waals surface area contributed by atoms with Crippen LogP contribution in [0.5, 0.6) is 0 Å². The minimum Gasteiger partial charge on any atom is -0.481 e. The largest absolute Gasteiger partial charge is 0.481 e. The number of carbonyl (C=O) groups excluding carboxylic acids is 2. The molecule has 0 saturated carbocycles. The Hall–Kier alpha value is -3.93. The maximum Gasteiger partial charge on any atom is 0.323 e. The van der Waals surface area contributed by atoms with Crippen LogP contribution in [-0.2, 0) is 11.2 Å². The molecule has 0 bridgehead atoms. The Kier molecular flexibility index (Phi) is 6.24. The maximum atomic E-state index is 13.0. The number of Topliss-reactive ketones (excluding diaryl/α,β-unsaturated/α-hetero) is 1. The summed E-state index contributed by atoms with van der Waals surface area (Å²) < 4.78 is 0. The molecule has 0 aromatic heterocycles. The number of urea groups is 1. The lowest BCUT2D eigenvalue weighted by molar-refractivity contribution is -0.139. The molecule has 6 nitrogen and oxygen atoms in total. The molecule has 34 heavy (non-hydrogen) atoms. The summed E-state index contributed by atoms with van der Waals surface area (Å²) in [6.45, 7) is 5.71. The van der Waals surface area contributed by atoms with Crippen molar-refractivity contribution in [2.45, 2.75) is 40.0 Å². The van der Waals surface area contributed by atoms with Gasteiger partial charge < -0.3 is 15.7 Å². The average molecular weight is 457 g/mol. The highest BCUT2D eigenvalue weighted by atomic mass is 16.4. The van der Waals surface area contributed by atoms with Crippen LogP contribution in [0, 0.1) is 19.3 Å². The van der Waals surface area contributed by atoms with E-state index in [-0.39, 0.29) is 18.2 Å². The lowest BCUT2D eigenvalue weighted by Crippen LogP contribution is -2.35. The van der Waals surface area contributed by atoms with Gasteiger partial charge in [-0.2, -0.15) is 0 Å². The third kappa shape index (κ3) is 4.86. The first-order valence-electron chi connectivity index (χ1n) is 11.3. The molecule has 4 rings (SSSR count). The van der Waals surface area contributed by atoms with Crippen LogP contribution in [0.4, 0.5) is 16.2 Å². The Bertz CT molecular complexity index is 1280. The number of benzene rings is 3. The summed E-state index contributed by atoms with van der Waals surface area (Å²) in [6.07, 6.45) is 1.03. The number of amides is 2. The molecule has 1 unspecified atom stereocenters. The van der Waals surface area contributed by atoms with Crippen molar-refractivity contribution < 1.29 is 19.5 Å². The number of carbonyl (C=O) groups is 3. The van der Waals surface area contributed by atoms with Gasteiger partial charge in [-0.1, -0.05) is 48.9 Å². The van der Waals surface area contributed by atoms with Gasteiger partial charge in [0.05, 0.1) is 6.42 Å².